The third-order valence-electron chi connectivity index (χ3n) is 6.23. The first-order chi connectivity index (χ1) is 17.5. The summed E-state index contributed by atoms with van der Waals surface area (Å²) in [5.74, 6) is -1.40. The van der Waals surface area contributed by atoms with Crippen molar-refractivity contribution in [2.24, 2.45) is 5.41 Å². The molecule has 2 aromatic carbocycles. The summed E-state index contributed by atoms with van der Waals surface area (Å²) in [5, 5.41) is 13.2. The van der Waals surface area contributed by atoms with Crippen molar-refractivity contribution in [1.82, 2.24) is 14.8 Å². The largest absolute Gasteiger partial charge is 0.387 e. The van der Waals surface area contributed by atoms with Gasteiger partial charge in [0.2, 0.25) is 5.91 Å². The number of benzene rings is 2. The Morgan fingerprint density at radius 2 is 1.84 bits per heavy atom. The lowest BCUT2D eigenvalue weighted by molar-refractivity contribution is -0.139. The summed E-state index contributed by atoms with van der Waals surface area (Å²) in [7, 11) is 0. The van der Waals surface area contributed by atoms with E-state index in [-0.39, 0.29) is 11.5 Å². The van der Waals surface area contributed by atoms with Crippen LogP contribution in [-0.4, -0.2) is 44.2 Å². The molecule has 3 rings (SSSR count). The van der Waals surface area contributed by atoms with Crippen LogP contribution < -0.4 is 5.32 Å². The Bertz CT molecular complexity index is 1180. The molecule has 200 valence electrons. The van der Waals surface area contributed by atoms with E-state index >= 15 is 0 Å². The second kappa shape index (κ2) is 13.0. The molecule has 0 aliphatic carbocycles. The van der Waals surface area contributed by atoms with Crippen LogP contribution >= 0.6 is 22.6 Å². The lowest BCUT2D eigenvalue weighted by Crippen LogP contribution is -2.44. The van der Waals surface area contributed by atoms with E-state index in [1.807, 2.05) is 67.9 Å². The number of halogens is 3. The number of carbonyl (C=O) groups excluding carboxylic acids is 1. The van der Waals surface area contributed by atoms with E-state index < -0.39 is 29.7 Å². The Kier molecular flexibility index (Phi) is 10.3. The third-order valence-corrected chi connectivity index (χ3v) is 6.67. The Hall–Kier alpha value is -2.30. The summed E-state index contributed by atoms with van der Waals surface area (Å²) in [6, 6.07) is 14.7. The third kappa shape index (κ3) is 7.85. The highest BCUT2D eigenvalue weighted by atomic mass is 127. The summed E-state index contributed by atoms with van der Waals surface area (Å²) in [6.45, 7) is 9.24. The van der Waals surface area contributed by atoms with Gasteiger partial charge in [0.1, 0.15) is 18.2 Å². The van der Waals surface area contributed by atoms with E-state index in [1.165, 1.54) is 6.07 Å². The van der Waals surface area contributed by atoms with Gasteiger partial charge in [0.05, 0.1) is 10.1 Å². The normalized spacial score (nSPS) is 13.4. The molecule has 0 spiro atoms. The van der Waals surface area contributed by atoms with Gasteiger partial charge in [0.25, 0.3) is 0 Å². The highest BCUT2D eigenvalue weighted by Crippen LogP contribution is 2.41. The first-order valence-electron chi connectivity index (χ1n) is 12.5. The van der Waals surface area contributed by atoms with Crippen molar-refractivity contribution in [3.63, 3.8) is 0 Å². The van der Waals surface area contributed by atoms with Gasteiger partial charge in [-0.05, 0) is 55.1 Å². The summed E-state index contributed by atoms with van der Waals surface area (Å²) < 4.78 is 31.2. The maximum absolute atomic E-state index is 14.8. The molecule has 5 nitrogen and oxygen atoms in total. The van der Waals surface area contributed by atoms with Crippen LogP contribution in [-0.2, 0) is 11.3 Å². The van der Waals surface area contributed by atoms with Gasteiger partial charge >= 0.3 is 0 Å². The minimum atomic E-state index is -0.604. The predicted molar refractivity (Wildman–Crippen MR) is 152 cm³/mol. The maximum Gasteiger partial charge on any atom is 0.248 e. The zero-order valence-electron chi connectivity index (χ0n) is 21.8. The molecule has 2 atom stereocenters. The summed E-state index contributed by atoms with van der Waals surface area (Å²) in [5.41, 5.74) is 2.12. The Morgan fingerprint density at radius 1 is 1.14 bits per heavy atom. The van der Waals surface area contributed by atoms with Crippen molar-refractivity contribution >= 4 is 28.5 Å². The zero-order valence-corrected chi connectivity index (χ0v) is 24.0. The summed E-state index contributed by atoms with van der Waals surface area (Å²) >= 11 is 2.29. The van der Waals surface area contributed by atoms with Crippen LogP contribution in [0.1, 0.15) is 51.4 Å². The molecule has 0 fully saturated rings. The molecule has 1 aromatic heterocycles. The Morgan fingerprint density at radius 3 is 2.46 bits per heavy atom. The molecule has 0 saturated carbocycles. The smallest absolute Gasteiger partial charge is 0.248 e. The first-order valence-corrected chi connectivity index (χ1v) is 13.7. The minimum Gasteiger partial charge on any atom is -0.387 e. The average molecular weight is 624 g/mol. The number of nitrogens with zero attached hydrogens (tertiary/aromatic N) is 2. The molecular formula is C29H36F2IN3O2. The summed E-state index contributed by atoms with van der Waals surface area (Å²) in [4.78, 5) is 14.8. The minimum absolute atomic E-state index is 0.168. The number of aliphatic hydroxyl groups excluding tert-OH is 1. The fraction of sp³-hybridized carbons (Fsp3) is 0.414. The summed E-state index contributed by atoms with van der Waals surface area (Å²) in [6.07, 6.45) is 2.52. The van der Waals surface area contributed by atoms with Gasteiger partial charge in [-0.3, -0.25) is 4.79 Å². The predicted octanol–water partition coefficient (Wildman–Crippen LogP) is 6.15. The fourth-order valence-corrected chi connectivity index (χ4v) is 4.96. The van der Waals surface area contributed by atoms with Gasteiger partial charge in [-0.15, -0.1) is 0 Å². The monoisotopic (exact) mass is 623 g/mol. The number of hydrogen-bond donors (Lipinski definition) is 2. The van der Waals surface area contributed by atoms with E-state index in [4.69, 9.17) is 0 Å². The average Bonchev–Trinajstić information content (AvgIpc) is 3.24. The lowest BCUT2D eigenvalue weighted by atomic mass is 9.83. The van der Waals surface area contributed by atoms with E-state index in [9.17, 15) is 18.7 Å². The van der Waals surface area contributed by atoms with E-state index in [0.29, 0.717) is 29.1 Å². The molecule has 1 heterocycles. The van der Waals surface area contributed by atoms with Crippen LogP contribution in [0.4, 0.5) is 8.78 Å². The number of aromatic nitrogens is 1. The van der Waals surface area contributed by atoms with Crippen molar-refractivity contribution in [3.05, 3.63) is 83.7 Å². The van der Waals surface area contributed by atoms with Crippen LogP contribution in [0.3, 0.4) is 0 Å². The van der Waals surface area contributed by atoms with Crippen molar-refractivity contribution in [1.29, 1.82) is 0 Å². The van der Waals surface area contributed by atoms with Gasteiger partial charge in [-0.1, -0.05) is 73.7 Å². The second-order valence-electron chi connectivity index (χ2n) is 10.3. The molecule has 0 aliphatic rings. The van der Waals surface area contributed by atoms with Crippen LogP contribution in [0, 0.1) is 17.0 Å². The number of alkyl halides is 1. The van der Waals surface area contributed by atoms with Gasteiger partial charge in [0.15, 0.2) is 0 Å². The van der Waals surface area contributed by atoms with Crippen LogP contribution in [0.2, 0.25) is 0 Å². The number of rotatable bonds is 11. The van der Waals surface area contributed by atoms with E-state index in [0.717, 1.165) is 29.9 Å². The lowest BCUT2D eigenvalue weighted by Gasteiger charge is -2.41. The molecule has 1 amide bonds. The number of hydrogen-bond acceptors (Lipinski definition) is 3. The molecule has 3 aromatic rings. The first kappa shape index (κ1) is 29.3. The standard InChI is InChI=1S/C29H36F2IN3O2/c1-20(32)33-13-8-14-35(27(37)19-36)28(29(2,3)4)26-15-22(24-16-23(30)11-12-25(24)31)18-34(26)17-21-9-6-5-7-10-21/h5-7,9-12,15-16,18,20,28,33,36H,8,13-14,17,19H2,1-4H3. The molecular weight excluding hydrogens is 587 g/mol. The van der Waals surface area contributed by atoms with Crippen molar-refractivity contribution in [3.8, 4) is 11.1 Å². The van der Waals surface area contributed by atoms with Crippen molar-refractivity contribution in [2.75, 3.05) is 19.7 Å². The van der Waals surface area contributed by atoms with Gasteiger partial charge in [0, 0.05) is 36.1 Å². The highest BCUT2D eigenvalue weighted by Gasteiger charge is 2.36. The SMILES string of the molecule is CC(I)NCCCN(C(=O)CO)C(c1cc(-c2cc(F)ccc2F)cn1Cc1ccccc1)C(C)(C)C. The Balaban J connectivity index is 2.13. The molecule has 0 bridgehead atoms. The molecule has 0 aliphatic heterocycles. The number of nitrogens with one attached hydrogen (secondary N) is 1. The van der Waals surface area contributed by atoms with Gasteiger partial charge in [-0.25, -0.2) is 8.78 Å². The quantitative estimate of drug-likeness (QED) is 0.117. The number of aliphatic hydroxyl groups is 1. The maximum atomic E-state index is 14.8. The number of carbonyl (C=O) groups is 1. The second-order valence-corrected chi connectivity index (χ2v) is 12.2. The molecule has 8 heteroatoms. The van der Waals surface area contributed by atoms with Crippen molar-refractivity contribution in [2.45, 2.75) is 50.8 Å². The molecule has 0 saturated heterocycles. The zero-order chi connectivity index (χ0) is 27.2. The van der Waals surface area contributed by atoms with Crippen molar-refractivity contribution < 1.29 is 18.7 Å². The molecule has 2 N–H and O–H groups in total. The fourth-order valence-electron chi connectivity index (χ4n) is 4.65. The molecule has 2 unspecified atom stereocenters. The number of amides is 1. The van der Waals surface area contributed by atoms with E-state index in [2.05, 4.69) is 34.8 Å². The Labute approximate surface area is 232 Å². The molecule has 37 heavy (non-hydrogen) atoms. The highest BCUT2D eigenvalue weighted by molar-refractivity contribution is 14.1. The van der Waals surface area contributed by atoms with Crippen LogP contribution in [0.15, 0.2) is 60.8 Å². The van der Waals surface area contributed by atoms with E-state index in [1.54, 1.807) is 4.90 Å². The van der Waals surface area contributed by atoms with Gasteiger partial charge < -0.3 is 19.9 Å². The molecule has 0 radical (unpaired) electrons. The van der Waals surface area contributed by atoms with Crippen LogP contribution in [0.25, 0.3) is 11.1 Å². The topological polar surface area (TPSA) is 57.5 Å². The van der Waals surface area contributed by atoms with Crippen LogP contribution in [0.5, 0.6) is 0 Å². The van der Waals surface area contributed by atoms with Gasteiger partial charge in [-0.2, -0.15) is 0 Å².